The van der Waals surface area contributed by atoms with E-state index in [1.54, 1.807) is 30.6 Å². The molecular formula is C28H36N4O4S. The van der Waals surface area contributed by atoms with Gasteiger partial charge in [0.05, 0.1) is 5.69 Å². The van der Waals surface area contributed by atoms with Gasteiger partial charge in [-0.05, 0) is 55.2 Å². The Bertz CT molecular complexity index is 1240. The van der Waals surface area contributed by atoms with Gasteiger partial charge in [0.15, 0.2) is 5.75 Å². The number of sulfonamides is 1. The van der Waals surface area contributed by atoms with Gasteiger partial charge in [-0.2, -0.15) is 0 Å². The highest BCUT2D eigenvalue weighted by Crippen LogP contribution is 2.39. The highest BCUT2D eigenvalue weighted by atomic mass is 32.2. The summed E-state index contributed by atoms with van der Waals surface area (Å²) in [4.78, 5) is 19.1. The molecule has 0 saturated heterocycles. The molecule has 0 bridgehead atoms. The van der Waals surface area contributed by atoms with Gasteiger partial charge in [-0.3, -0.25) is 9.78 Å². The highest BCUT2D eigenvalue weighted by Gasteiger charge is 2.26. The lowest BCUT2D eigenvalue weighted by atomic mass is 10.1. The molecule has 0 spiro atoms. The minimum absolute atomic E-state index is 0.132. The number of pyridine rings is 1. The molecule has 1 heterocycles. The molecule has 37 heavy (non-hydrogen) atoms. The highest BCUT2D eigenvalue weighted by molar-refractivity contribution is 7.89. The van der Waals surface area contributed by atoms with Crippen LogP contribution in [0.15, 0.2) is 71.9 Å². The minimum Gasteiger partial charge on any atom is -0.454 e. The van der Waals surface area contributed by atoms with Crippen molar-refractivity contribution in [3.05, 3.63) is 78.1 Å². The number of nitrogens with two attached hydrogens (primary N) is 1. The largest absolute Gasteiger partial charge is 0.454 e. The van der Waals surface area contributed by atoms with E-state index in [0.29, 0.717) is 37.5 Å². The summed E-state index contributed by atoms with van der Waals surface area (Å²) >= 11 is 0. The summed E-state index contributed by atoms with van der Waals surface area (Å²) in [6.45, 7) is 5.96. The van der Waals surface area contributed by atoms with E-state index in [1.165, 1.54) is 6.07 Å². The van der Waals surface area contributed by atoms with Gasteiger partial charge >= 0.3 is 0 Å². The number of nitrogens with zero attached hydrogens (tertiary/aromatic N) is 2. The molecule has 0 unspecified atom stereocenters. The zero-order valence-electron chi connectivity index (χ0n) is 21.5. The number of benzene rings is 2. The number of para-hydroxylation sites is 1. The second kappa shape index (κ2) is 13.8. The van der Waals surface area contributed by atoms with Crippen LogP contribution in [0.3, 0.4) is 0 Å². The standard InChI is InChI=1S/C28H36N4O4S/c1-3-5-17-32(18-6-4-2)25-19-23(28(33)31-16-14-22-11-10-15-30-21-22)20-26(37(29,34)35)27(25)36-24-12-8-7-9-13-24/h7-13,15,19-21H,3-6,14,16-18H2,1-2H3,(H,31,33)(H2,29,34,35). The Labute approximate surface area is 219 Å². The first-order valence-corrected chi connectivity index (χ1v) is 14.2. The number of carbonyl (C=O) groups excluding carboxylic acids is 1. The third kappa shape index (κ3) is 8.30. The fourth-order valence-electron chi connectivity index (χ4n) is 3.89. The zero-order valence-corrected chi connectivity index (χ0v) is 22.3. The fraction of sp³-hybridized carbons (Fsp3) is 0.357. The number of hydrogen-bond donors (Lipinski definition) is 2. The molecular weight excluding hydrogens is 488 g/mol. The molecule has 0 aliphatic heterocycles. The van der Waals surface area contributed by atoms with Crippen molar-refractivity contribution in [3.8, 4) is 11.5 Å². The maximum absolute atomic E-state index is 13.2. The Morgan fingerprint density at radius 2 is 1.73 bits per heavy atom. The smallest absolute Gasteiger partial charge is 0.251 e. The minimum atomic E-state index is -4.21. The van der Waals surface area contributed by atoms with Gasteiger partial charge in [0.2, 0.25) is 10.0 Å². The lowest BCUT2D eigenvalue weighted by molar-refractivity contribution is 0.0954. The summed E-state index contributed by atoms with van der Waals surface area (Å²) < 4.78 is 31.7. The van der Waals surface area contributed by atoms with Crippen LogP contribution in [0.5, 0.6) is 11.5 Å². The third-order valence-corrected chi connectivity index (χ3v) is 6.81. The van der Waals surface area contributed by atoms with E-state index < -0.39 is 10.0 Å². The van der Waals surface area contributed by atoms with Gasteiger partial charge in [0.25, 0.3) is 5.91 Å². The summed E-state index contributed by atoms with van der Waals surface area (Å²) in [6.07, 6.45) is 7.78. The zero-order chi connectivity index (χ0) is 26.7. The second-order valence-electron chi connectivity index (χ2n) is 8.84. The van der Waals surface area contributed by atoms with Gasteiger partial charge in [0.1, 0.15) is 10.6 Å². The first-order valence-electron chi connectivity index (χ1n) is 12.7. The third-order valence-electron chi connectivity index (χ3n) is 5.89. The fourth-order valence-corrected chi connectivity index (χ4v) is 4.59. The van der Waals surface area contributed by atoms with Gasteiger partial charge in [-0.1, -0.05) is 51.0 Å². The number of hydrogen-bond acceptors (Lipinski definition) is 6. The van der Waals surface area contributed by atoms with E-state index in [0.717, 1.165) is 31.2 Å². The number of carbonyl (C=O) groups is 1. The average Bonchev–Trinajstić information content (AvgIpc) is 2.89. The van der Waals surface area contributed by atoms with Crippen molar-refractivity contribution in [2.45, 2.75) is 50.8 Å². The van der Waals surface area contributed by atoms with E-state index in [4.69, 9.17) is 9.88 Å². The monoisotopic (exact) mass is 524 g/mol. The predicted molar refractivity (Wildman–Crippen MR) is 147 cm³/mol. The summed E-state index contributed by atoms with van der Waals surface area (Å²) in [5.74, 6) is 0.230. The van der Waals surface area contributed by atoms with Crippen LogP contribution in [0, 0.1) is 0 Å². The van der Waals surface area contributed by atoms with Crippen LogP contribution in [0.4, 0.5) is 5.69 Å². The van der Waals surface area contributed by atoms with Gasteiger partial charge in [-0.25, -0.2) is 13.6 Å². The molecule has 0 saturated carbocycles. The summed E-state index contributed by atoms with van der Waals surface area (Å²) in [6, 6.07) is 15.7. The summed E-state index contributed by atoms with van der Waals surface area (Å²) in [7, 11) is -4.21. The number of rotatable bonds is 14. The molecule has 3 rings (SSSR count). The Morgan fingerprint density at radius 3 is 2.32 bits per heavy atom. The molecule has 0 fully saturated rings. The molecule has 0 aliphatic carbocycles. The van der Waals surface area contributed by atoms with Crippen LogP contribution >= 0.6 is 0 Å². The Morgan fingerprint density at radius 1 is 1.03 bits per heavy atom. The summed E-state index contributed by atoms with van der Waals surface area (Å²) in [5.41, 5.74) is 1.74. The van der Waals surface area contributed by atoms with Gasteiger partial charge < -0.3 is 15.0 Å². The number of aromatic nitrogens is 1. The average molecular weight is 525 g/mol. The number of anilines is 1. The molecule has 3 aromatic rings. The van der Waals surface area contributed by atoms with Crippen LogP contribution < -0.4 is 20.1 Å². The lowest BCUT2D eigenvalue weighted by Gasteiger charge is -2.28. The van der Waals surface area contributed by atoms with Gasteiger partial charge in [0, 0.05) is 37.6 Å². The van der Waals surface area contributed by atoms with E-state index in [2.05, 4.69) is 29.0 Å². The Kier molecular flexibility index (Phi) is 10.5. The molecule has 0 radical (unpaired) electrons. The lowest BCUT2D eigenvalue weighted by Crippen LogP contribution is -2.29. The van der Waals surface area contributed by atoms with Crippen molar-refractivity contribution < 1.29 is 17.9 Å². The van der Waals surface area contributed by atoms with Crippen molar-refractivity contribution in [1.82, 2.24) is 10.3 Å². The van der Waals surface area contributed by atoms with Crippen LogP contribution in [0.2, 0.25) is 0 Å². The van der Waals surface area contributed by atoms with E-state index >= 15 is 0 Å². The molecule has 1 aromatic heterocycles. The molecule has 3 N–H and O–H groups in total. The van der Waals surface area contributed by atoms with Crippen LogP contribution in [-0.4, -0.2) is 38.9 Å². The van der Waals surface area contributed by atoms with Crippen molar-refractivity contribution in [1.29, 1.82) is 0 Å². The van der Waals surface area contributed by atoms with E-state index in [9.17, 15) is 13.2 Å². The quantitative estimate of drug-likeness (QED) is 0.310. The van der Waals surface area contributed by atoms with Crippen molar-refractivity contribution in [2.24, 2.45) is 5.14 Å². The number of unbranched alkanes of at least 4 members (excludes halogenated alkanes) is 2. The number of nitrogens with one attached hydrogen (secondary N) is 1. The first-order chi connectivity index (χ1) is 17.8. The maximum Gasteiger partial charge on any atom is 0.251 e. The van der Waals surface area contributed by atoms with Crippen LogP contribution in [-0.2, 0) is 16.4 Å². The van der Waals surface area contributed by atoms with Crippen LogP contribution in [0.1, 0.15) is 55.5 Å². The predicted octanol–water partition coefficient (Wildman–Crippen LogP) is 4.90. The summed E-state index contributed by atoms with van der Waals surface area (Å²) in [5, 5.41) is 8.55. The normalized spacial score (nSPS) is 11.2. The molecule has 1 amide bonds. The first kappa shape index (κ1) is 28.1. The SMILES string of the molecule is CCCCN(CCCC)c1cc(C(=O)NCCc2cccnc2)cc(S(N)(=O)=O)c1Oc1ccccc1. The van der Waals surface area contributed by atoms with E-state index in [1.807, 2.05) is 30.3 Å². The molecule has 0 atom stereocenters. The van der Waals surface area contributed by atoms with Crippen molar-refractivity contribution >= 4 is 21.6 Å². The maximum atomic E-state index is 13.2. The Hall–Kier alpha value is -3.43. The molecule has 2 aromatic carbocycles. The Balaban J connectivity index is 2.04. The van der Waals surface area contributed by atoms with Crippen molar-refractivity contribution in [2.75, 3.05) is 24.5 Å². The number of ether oxygens (including phenoxy) is 1. The second-order valence-corrected chi connectivity index (χ2v) is 10.4. The van der Waals surface area contributed by atoms with E-state index in [-0.39, 0.29) is 22.1 Å². The number of amides is 1. The van der Waals surface area contributed by atoms with Gasteiger partial charge in [-0.15, -0.1) is 0 Å². The molecule has 198 valence electrons. The van der Waals surface area contributed by atoms with Crippen molar-refractivity contribution in [3.63, 3.8) is 0 Å². The topological polar surface area (TPSA) is 115 Å². The molecule has 8 nitrogen and oxygen atoms in total. The van der Waals surface area contributed by atoms with Crippen LogP contribution in [0.25, 0.3) is 0 Å². The number of primary sulfonamides is 1. The molecule has 9 heteroatoms. The molecule has 0 aliphatic rings.